The molecule has 0 saturated heterocycles. The molecule has 0 unspecified atom stereocenters. The predicted octanol–water partition coefficient (Wildman–Crippen LogP) is 4.94. The van der Waals surface area contributed by atoms with Crippen molar-refractivity contribution in [2.45, 2.75) is 0 Å². The van der Waals surface area contributed by atoms with Crippen LogP contribution >= 0.6 is 0 Å². The van der Waals surface area contributed by atoms with E-state index >= 15 is 0 Å². The molecule has 0 fully saturated rings. The van der Waals surface area contributed by atoms with Gasteiger partial charge in [-0.3, -0.25) is 14.6 Å². The number of rotatable bonds is 11. The summed E-state index contributed by atoms with van der Waals surface area (Å²) < 4.78 is 0. The Kier molecular flexibility index (Phi) is 9.53. The fourth-order valence-electron chi connectivity index (χ4n) is 3.89. The van der Waals surface area contributed by atoms with E-state index in [9.17, 15) is 9.59 Å². The highest BCUT2D eigenvalue weighted by Crippen LogP contribution is 2.20. The van der Waals surface area contributed by atoms with Crippen molar-refractivity contribution in [1.29, 1.82) is 0 Å². The summed E-state index contributed by atoms with van der Waals surface area (Å²) in [6, 6.07) is 17.9. The highest BCUT2D eigenvalue weighted by Gasteiger charge is 2.09. The molecule has 4 aromatic rings. The third-order valence-corrected chi connectivity index (χ3v) is 5.93. The number of aliphatic imine (C=N–C) groups is 2. The maximum Gasteiger partial charge on any atom is 0.255 e. The standard InChI is InChI=1S/C31H32N8O2/c1-32-27(23-17-22-14-15-34-30(22)35-20-23)19-28(33-2)36-25-7-5-8-26(18-25)38-31(41)21-10-12-24(13-11-21)37-29(40)9-6-16-39(3)4/h5-15,17-20,36H,2,16H2,1,3-4H3,(H,34,35)(H,37,40)(H,38,41)/b9-6+,28-19+,32-27?. The summed E-state index contributed by atoms with van der Waals surface area (Å²) in [6.07, 6.45) is 8.64. The molecule has 10 nitrogen and oxygen atoms in total. The van der Waals surface area contributed by atoms with Gasteiger partial charge < -0.3 is 25.8 Å². The molecule has 0 aliphatic carbocycles. The van der Waals surface area contributed by atoms with Gasteiger partial charge in [-0.15, -0.1) is 0 Å². The molecule has 0 bridgehead atoms. The molecule has 4 N–H and O–H groups in total. The number of aromatic amines is 1. The van der Waals surface area contributed by atoms with E-state index in [1.807, 2.05) is 49.5 Å². The van der Waals surface area contributed by atoms with E-state index in [1.54, 1.807) is 61.8 Å². The van der Waals surface area contributed by atoms with Crippen LogP contribution in [0.1, 0.15) is 15.9 Å². The molecule has 0 aliphatic rings. The Labute approximate surface area is 238 Å². The minimum absolute atomic E-state index is 0.230. The largest absolute Gasteiger partial charge is 0.346 e. The quantitative estimate of drug-likeness (QED) is 0.156. The molecule has 2 amide bonds. The Morgan fingerprint density at radius 2 is 1.73 bits per heavy atom. The Balaban J connectivity index is 1.39. The van der Waals surface area contributed by atoms with Gasteiger partial charge in [0.25, 0.3) is 5.91 Å². The molecular weight excluding hydrogens is 516 g/mol. The molecule has 2 heterocycles. The van der Waals surface area contributed by atoms with Gasteiger partial charge in [0, 0.05) is 71.7 Å². The lowest BCUT2D eigenvalue weighted by molar-refractivity contribution is -0.111. The van der Waals surface area contributed by atoms with Gasteiger partial charge in [-0.05, 0) is 75.4 Å². The molecular formula is C31H32N8O2. The first-order valence-corrected chi connectivity index (χ1v) is 12.8. The van der Waals surface area contributed by atoms with Crippen LogP contribution in [-0.4, -0.2) is 66.8 Å². The number of hydrogen-bond acceptors (Lipinski definition) is 7. The summed E-state index contributed by atoms with van der Waals surface area (Å²) in [5, 5.41) is 9.88. The number of hydrogen-bond donors (Lipinski definition) is 4. The zero-order chi connectivity index (χ0) is 29.2. The molecule has 41 heavy (non-hydrogen) atoms. The van der Waals surface area contributed by atoms with Gasteiger partial charge in [0.2, 0.25) is 5.91 Å². The lowest BCUT2D eigenvalue weighted by Gasteiger charge is -2.11. The maximum absolute atomic E-state index is 12.9. The van der Waals surface area contributed by atoms with Gasteiger partial charge >= 0.3 is 0 Å². The van der Waals surface area contributed by atoms with Crippen molar-refractivity contribution in [1.82, 2.24) is 14.9 Å². The molecule has 4 rings (SSSR count). The number of likely N-dealkylation sites (N-methyl/N-ethyl adjacent to an activating group) is 1. The first-order valence-electron chi connectivity index (χ1n) is 12.8. The van der Waals surface area contributed by atoms with E-state index in [0.717, 1.165) is 16.6 Å². The number of nitrogens with zero attached hydrogens (tertiary/aromatic N) is 4. The van der Waals surface area contributed by atoms with Gasteiger partial charge in [-0.2, -0.15) is 0 Å². The van der Waals surface area contributed by atoms with Crippen molar-refractivity contribution >= 4 is 52.3 Å². The molecule has 0 saturated carbocycles. The van der Waals surface area contributed by atoms with Crippen LogP contribution < -0.4 is 16.0 Å². The van der Waals surface area contributed by atoms with Crippen molar-refractivity contribution in [3.8, 4) is 0 Å². The Hall–Kier alpha value is -5.35. The molecule has 10 heteroatoms. The van der Waals surface area contributed by atoms with Gasteiger partial charge in [-0.1, -0.05) is 12.1 Å². The van der Waals surface area contributed by atoms with Gasteiger partial charge in [-0.25, -0.2) is 9.98 Å². The van der Waals surface area contributed by atoms with Crippen LogP contribution in [0.3, 0.4) is 0 Å². The maximum atomic E-state index is 12.9. The average molecular weight is 549 g/mol. The Bertz CT molecular complexity index is 1630. The lowest BCUT2D eigenvalue weighted by atomic mass is 10.1. The van der Waals surface area contributed by atoms with E-state index in [0.29, 0.717) is 40.7 Å². The topological polar surface area (TPSA) is 127 Å². The fraction of sp³-hybridized carbons (Fsp3) is 0.129. The SMILES string of the molecule is C=N/C(=C\C(=NC)c1cnc2[nH]ccc2c1)Nc1cccc(NC(=O)c2ccc(NC(=O)/C=C/CN(C)C)cc2)c1. The van der Waals surface area contributed by atoms with Crippen molar-refractivity contribution in [3.63, 3.8) is 0 Å². The van der Waals surface area contributed by atoms with E-state index in [2.05, 4.69) is 42.6 Å². The van der Waals surface area contributed by atoms with Crippen LogP contribution in [0.15, 0.2) is 107 Å². The second-order valence-electron chi connectivity index (χ2n) is 9.33. The zero-order valence-electron chi connectivity index (χ0n) is 23.2. The summed E-state index contributed by atoms with van der Waals surface area (Å²) in [5.41, 5.74) is 4.68. The average Bonchev–Trinajstić information content (AvgIpc) is 3.43. The predicted molar refractivity (Wildman–Crippen MR) is 167 cm³/mol. The number of allylic oxidation sites excluding steroid dienone is 1. The molecule has 0 spiro atoms. The van der Waals surface area contributed by atoms with Crippen molar-refractivity contribution in [2.24, 2.45) is 9.98 Å². The molecule has 0 aliphatic heterocycles. The zero-order valence-corrected chi connectivity index (χ0v) is 23.2. The molecule has 2 aromatic heterocycles. The number of amides is 2. The smallest absolute Gasteiger partial charge is 0.255 e. The van der Waals surface area contributed by atoms with Crippen LogP contribution in [0.2, 0.25) is 0 Å². The summed E-state index contributed by atoms with van der Waals surface area (Å²) >= 11 is 0. The van der Waals surface area contributed by atoms with E-state index in [1.165, 1.54) is 6.08 Å². The minimum atomic E-state index is -0.281. The Morgan fingerprint density at radius 1 is 0.976 bits per heavy atom. The first-order chi connectivity index (χ1) is 19.8. The van der Waals surface area contributed by atoms with Gasteiger partial charge in [0.1, 0.15) is 11.5 Å². The number of H-pyrrole nitrogens is 1. The van der Waals surface area contributed by atoms with Gasteiger partial charge in [0.15, 0.2) is 0 Å². The van der Waals surface area contributed by atoms with Crippen LogP contribution in [0.25, 0.3) is 11.0 Å². The number of benzene rings is 2. The molecule has 2 aromatic carbocycles. The highest BCUT2D eigenvalue weighted by atomic mass is 16.2. The monoisotopic (exact) mass is 548 g/mol. The number of pyridine rings is 1. The second-order valence-corrected chi connectivity index (χ2v) is 9.33. The summed E-state index contributed by atoms with van der Waals surface area (Å²) in [6.45, 7) is 4.35. The second kappa shape index (κ2) is 13.6. The van der Waals surface area contributed by atoms with Crippen molar-refractivity contribution < 1.29 is 9.59 Å². The van der Waals surface area contributed by atoms with Crippen LogP contribution in [-0.2, 0) is 4.79 Å². The van der Waals surface area contributed by atoms with E-state index in [4.69, 9.17) is 0 Å². The third kappa shape index (κ3) is 8.07. The number of carbonyl (C=O) groups excluding carboxylic acids is 2. The minimum Gasteiger partial charge on any atom is -0.346 e. The lowest BCUT2D eigenvalue weighted by Crippen LogP contribution is -2.14. The van der Waals surface area contributed by atoms with E-state index < -0.39 is 0 Å². The normalized spacial score (nSPS) is 12.1. The number of anilines is 3. The summed E-state index contributed by atoms with van der Waals surface area (Å²) in [7, 11) is 5.55. The van der Waals surface area contributed by atoms with Crippen LogP contribution in [0, 0.1) is 0 Å². The molecule has 0 atom stereocenters. The van der Waals surface area contributed by atoms with E-state index in [-0.39, 0.29) is 11.8 Å². The fourth-order valence-corrected chi connectivity index (χ4v) is 3.89. The molecule has 208 valence electrons. The molecule has 0 radical (unpaired) electrons. The van der Waals surface area contributed by atoms with Crippen molar-refractivity contribution in [3.05, 3.63) is 108 Å². The summed E-state index contributed by atoms with van der Waals surface area (Å²) in [5.74, 6) is -0.0273. The number of fused-ring (bicyclic) bond motifs is 1. The van der Waals surface area contributed by atoms with Crippen LogP contribution in [0.4, 0.5) is 17.1 Å². The van der Waals surface area contributed by atoms with Gasteiger partial charge in [0.05, 0.1) is 5.71 Å². The van der Waals surface area contributed by atoms with Crippen LogP contribution in [0.5, 0.6) is 0 Å². The number of carbonyl (C=O) groups is 2. The highest BCUT2D eigenvalue weighted by molar-refractivity contribution is 6.10. The van der Waals surface area contributed by atoms with Crippen molar-refractivity contribution in [2.75, 3.05) is 43.6 Å². The Morgan fingerprint density at radius 3 is 2.44 bits per heavy atom. The first kappa shape index (κ1) is 28.7. The number of nitrogens with one attached hydrogen (secondary N) is 4. The number of aromatic nitrogens is 2. The summed E-state index contributed by atoms with van der Waals surface area (Å²) in [4.78, 5) is 42.9. The third-order valence-electron chi connectivity index (χ3n) is 5.93.